The van der Waals surface area contributed by atoms with Crippen LogP contribution in [0.5, 0.6) is 0 Å². The van der Waals surface area contributed by atoms with Crippen molar-refractivity contribution in [1.29, 1.82) is 0 Å². The average Bonchev–Trinajstić information content (AvgIpc) is 2.65. The van der Waals surface area contributed by atoms with E-state index in [1.54, 1.807) is 29.2 Å². The van der Waals surface area contributed by atoms with E-state index in [4.69, 9.17) is 0 Å². The van der Waals surface area contributed by atoms with E-state index in [-0.39, 0.29) is 42.0 Å². The first-order chi connectivity index (χ1) is 12.3. The summed E-state index contributed by atoms with van der Waals surface area (Å²) in [4.78, 5) is 25.2. The molecular weight excluding hydrogens is 376 g/mol. The summed E-state index contributed by atoms with van der Waals surface area (Å²) in [7, 11) is -2.19. The van der Waals surface area contributed by atoms with Gasteiger partial charge in [0.1, 0.15) is 0 Å². The van der Waals surface area contributed by atoms with Crippen LogP contribution in [0.25, 0.3) is 0 Å². The molecule has 0 bridgehead atoms. The van der Waals surface area contributed by atoms with Crippen LogP contribution >= 0.6 is 11.8 Å². The minimum atomic E-state index is -3.52. The van der Waals surface area contributed by atoms with Crippen molar-refractivity contribution in [3.8, 4) is 0 Å². The summed E-state index contributed by atoms with van der Waals surface area (Å²) in [6.07, 6.45) is 0.275. The molecule has 0 aliphatic carbocycles. The summed E-state index contributed by atoms with van der Waals surface area (Å²) >= 11 is 1.38. The molecule has 2 rings (SSSR count). The van der Waals surface area contributed by atoms with Crippen LogP contribution in [-0.2, 0) is 24.3 Å². The van der Waals surface area contributed by atoms with Gasteiger partial charge in [-0.05, 0) is 19.1 Å². The molecule has 7 nitrogen and oxygen atoms in total. The fourth-order valence-corrected chi connectivity index (χ4v) is 4.78. The monoisotopic (exact) mass is 400 g/mol. The van der Waals surface area contributed by atoms with E-state index in [0.717, 1.165) is 5.56 Å². The van der Waals surface area contributed by atoms with E-state index in [0.29, 0.717) is 18.8 Å². The molecule has 1 aromatic rings. The van der Waals surface area contributed by atoms with E-state index in [1.807, 2.05) is 6.92 Å². The highest BCUT2D eigenvalue weighted by molar-refractivity contribution is 7.99. The first-order valence-electron chi connectivity index (χ1n) is 8.33. The Labute approximate surface area is 158 Å². The van der Waals surface area contributed by atoms with Crippen LogP contribution < -0.4 is 0 Å². The number of piperazine rings is 1. The Morgan fingerprint density at radius 1 is 1.12 bits per heavy atom. The van der Waals surface area contributed by atoms with Gasteiger partial charge in [0.05, 0.1) is 24.2 Å². The van der Waals surface area contributed by atoms with Crippen molar-refractivity contribution in [1.82, 2.24) is 9.21 Å². The average molecular weight is 401 g/mol. The fraction of sp³-hybridized carbons (Fsp3) is 0.529. The number of methoxy groups -OCH3 is 1. The molecule has 1 fully saturated rings. The van der Waals surface area contributed by atoms with Crippen molar-refractivity contribution >= 4 is 33.7 Å². The standard InChI is InChI=1S/C17H24N2O5S2/c1-14-3-5-15(6-4-14)26(22,23)19-10-8-18(9-11-19)16(20)13-25-12-7-17(21)24-2/h3-6H,7-13H2,1-2H3. The van der Waals surface area contributed by atoms with Crippen molar-refractivity contribution in [2.45, 2.75) is 18.2 Å². The van der Waals surface area contributed by atoms with Gasteiger partial charge in [-0.15, -0.1) is 0 Å². The van der Waals surface area contributed by atoms with E-state index in [2.05, 4.69) is 4.74 Å². The molecule has 0 aromatic heterocycles. The number of nitrogens with zero attached hydrogens (tertiary/aromatic N) is 2. The molecule has 26 heavy (non-hydrogen) atoms. The summed E-state index contributed by atoms with van der Waals surface area (Å²) in [5.74, 6) is 0.481. The predicted octanol–water partition coefficient (Wildman–Crippen LogP) is 1.12. The highest BCUT2D eigenvalue weighted by atomic mass is 32.2. The molecule has 0 unspecified atom stereocenters. The maximum absolute atomic E-state index is 12.7. The number of sulfonamides is 1. The Morgan fingerprint density at radius 2 is 1.73 bits per heavy atom. The highest BCUT2D eigenvalue weighted by Crippen LogP contribution is 2.18. The molecule has 1 saturated heterocycles. The van der Waals surface area contributed by atoms with Crippen molar-refractivity contribution in [3.05, 3.63) is 29.8 Å². The molecule has 0 spiro atoms. The Morgan fingerprint density at radius 3 is 2.31 bits per heavy atom. The SMILES string of the molecule is COC(=O)CCSCC(=O)N1CCN(S(=O)(=O)c2ccc(C)cc2)CC1. The first-order valence-corrected chi connectivity index (χ1v) is 10.9. The Balaban J connectivity index is 1.81. The summed E-state index contributed by atoms with van der Waals surface area (Å²) in [5, 5.41) is 0. The van der Waals surface area contributed by atoms with Crippen LogP contribution in [0.15, 0.2) is 29.2 Å². The number of thioether (sulfide) groups is 1. The lowest BCUT2D eigenvalue weighted by Gasteiger charge is -2.34. The second-order valence-electron chi connectivity index (χ2n) is 5.98. The number of carbonyl (C=O) groups is 2. The Hall–Kier alpha value is -1.58. The lowest BCUT2D eigenvalue weighted by Crippen LogP contribution is -2.51. The molecule has 1 aliphatic rings. The zero-order valence-electron chi connectivity index (χ0n) is 15.0. The van der Waals surface area contributed by atoms with Gasteiger partial charge in [0.15, 0.2) is 0 Å². The van der Waals surface area contributed by atoms with Crippen molar-refractivity contribution < 1.29 is 22.7 Å². The maximum atomic E-state index is 12.7. The summed E-state index contributed by atoms with van der Waals surface area (Å²) < 4.78 is 31.3. The molecule has 1 aliphatic heterocycles. The number of hydrogen-bond donors (Lipinski definition) is 0. The van der Waals surface area contributed by atoms with Gasteiger partial charge in [-0.3, -0.25) is 9.59 Å². The van der Waals surface area contributed by atoms with E-state index >= 15 is 0 Å². The number of hydrogen-bond acceptors (Lipinski definition) is 6. The van der Waals surface area contributed by atoms with Gasteiger partial charge in [0.25, 0.3) is 0 Å². The number of ether oxygens (including phenoxy) is 1. The summed E-state index contributed by atoms with van der Waals surface area (Å²) in [5.41, 5.74) is 1.00. The number of amides is 1. The van der Waals surface area contributed by atoms with E-state index in [9.17, 15) is 18.0 Å². The van der Waals surface area contributed by atoms with Crippen molar-refractivity contribution in [2.24, 2.45) is 0 Å². The Kier molecular flexibility index (Phi) is 7.48. The van der Waals surface area contributed by atoms with Crippen molar-refractivity contribution in [2.75, 3.05) is 44.8 Å². The van der Waals surface area contributed by atoms with E-state index in [1.165, 1.54) is 23.2 Å². The van der Waals surface area contributed by atoms with Gasteiger partial charge in [0.2, 0.25) is 15.9 Å². The minimum absolute atomic E-state index is 0.0350. The van der Waals surface area contributed by atoms with Crippen LogP contribution in [0.4, 0.5) is 0 Å². The molecule has 0 saturated carbocycles. The van der Waals surface area contributed by atoms with Crippen LogP contribution in [0.2, 0.25) is 0 Å². The van der Waals surface area contributed by atoms with Gasteiger partial charge in [0, 0.05) is 31.9 Å². The number of benzene rings is 1. The van der Waals surface area contributed by atoms with Gasteiger partial charge in [-0.2, -0.15) is 16.1 Å². The summed E-state index contributed by atoms with van der Waals surface area (Å²) in [6, 6.07) is 6.77. The number of rotatable bonds is 7. The molecule has 144 valence electrons. The number of esters is 1. The quantitative estimate of drug-likeness (QED) is 0.504. The fourth-order valence-electron chi connectivity index (χ4n) is 2.55. The second-order valence-corrected chi connectivity index (χ2v) is 9.02. The maximum Gasteiger partial charge on any atom is 0.306 e. The van der Waals surface area contributed by atoms with Crippen molar-refractivity contribution in [3.63, 3.8) is 0 Å². The number of carbonyl (C=O) groups excluding carboxylic acids is 2. The number of aryl methyl sites for hydroxylation is 1. The van der Waals surface area contributed by atoms with Gasteiger partial charge < -0.3 is 9.64 Å². The zero-order valence-corrected chi connectivity index (χ0v) is 16.6. The third kappa shape index (κ3) is 5.46. The van der Waals surface area contributed by atoms with Crippen LogP contribution in [0.1, 0.15) is 12.0 Å². The topological polar surface area (TPSA) is 84.0 Å². The van der Waals surface area contributed by atoms with Gasteiger partial charge in [-0.1, -0.05) is 17.7 Å². The minimum Gasteiger partial charge on any atom is -0.469 e. The van der Waals surface area contributed by atoms with Gasteiger partial charge in [-0.25, -0.2) is 8.42 Å². The normalized spacial score (nSPS) is 15.7. The smallest absolute Gasteiger partial charge is 0.306 e. The third-order valence-electron chi connectivity index (χ3n) is 4.15. The molecule has 0 radical (unpaired) electrons. The first kappa shape index (κ1) is 20.7. The molecule has 0 atom stereocenters. The zero-order chi connectivity index (χ0) is 19.2. The molecule has 1 amide bonds. The lowest BCUT2D eigenvalue weighted by atomic mass is 10.2. The molecular formula is C17H24N2O5S2. The summed E-state index contributed by atoms with van der Waals surface area (Å²) in [6.45, 7) is 3.23. The van der Waals surface area contributed by atoms with Crippen LogP contribution in [-0.4, -0.2) is 74.3 Å². The molecule has 1 heterocycles. The van der Waals surface area contributed by atoms with Crippen LogP contribution in [0, 0.1) is 6.92 Å². The molecule has 1 aromatic carbocycles. The largest absolute Gasteiger partial charge is 0.469 e. The van der Waals surface area contributed by atoms with E-state index < -0.39 is 10.0 Å². The van der Waals surface area contributed by atoms with Crippen LogP contribution in [0.3, 0.4) is 0 Å². The lowest BCUT2D eigenvalue weighted by molar-refractivity contribution is -0.140. The Bertz CT molecular complexity index is 726. The molecule has 0 N–H and O–H groups in total. The molecule has 9 heteroatoms. The second kappa shape index (κ2) is 9.38. The van der Waals surface area contributed by atoms with Gasteiger partial charge >= 0.3 is 5.97 Å². The predicted molar refractivity (Wildman–Crippen MR) is 100 cm³/mol. The third-order valence-corrected chi connectivity index (χ3v) is 7.01. The highest BCUT2D eigenvalue weighted by Gasteiger charge is 2.29.